The molecule has 9 heteroatoms. The second kappa shape index (κ2) is 8.34. The molecule has 3 rings (SSSR count). The first-order valence-corrected chi connectivity index (χ1v) is 11.0. The highest BCUT2D eigenvalue weighted by atomic mass is 32.2. The van der Waals surface area contributed by atoms with Gasteiger partial charge in [0.25, 0.3) is 0 Å². The number of aromatic nitrogens is 3. The molecular formula is C20H22N6O2S. The van der Waals surface area contributed by atoms with E-state index in [9.17, 15) is 9.32 Å². The van der Waals surface area contributed by atoms with Gasteiger partial charge in [0.2, 0.25) is 5.95 Å². The van der Waals surface area contributed by atoms with Crippen LogP contribution in [-0.2, 0) is 9.52 Å². The summed E-state index contributed by atoms with van der Waals surface area (Å²) in [7, 11) is -2.27. The molecule has 0 spiro atoms. The Morgan fingerprint density at radius 1 is 1.38 bits per heavy atom. The van der Waals surface area contributed by atoms with E-state index in [2.05, 4.69) is 37.5 Å². The molecule has 2 atom stereocenters. The molecule has 1 unspecified atom stereocenters. The summed E-state index contributed by atoms with van der Waals surface area (Å²) in [5.41, 5.74) is 2.60. The molecule has 0 saturated heterocycles. The van der Waals surface area contributed by atoms with E-state index < -0.39 is 9.52 Å². The van der Waals surface area contributed by atoms with Crippen molar-refractivity contribution < 1.29 is 9.32 Å². The van der Waals surface area contributed by atoms with E-state index in [1.54, 1.807) is 49.0 Å². The van der Waals surface area contributed by atoms with Crippen LogP contribution in [-0.4, -0.2) is 49.0 Å². The molecule has 29 heavy (non-hydrogen) atoms. The van der Waals surface area contributed by atoms with E-state index >= 15 is 0 Å². The van der Waals surface area contributed by atoms with Gasteiger partial charge in [-0.15, -0.1) is 0 Å². The Balaban J connectivity index is 1.92. The molecule has 0 amide bonds. The third kappa shape index (κ3) is 4.93. The van der Waals surface area contributed by atoms with Crippen LogP contribution in [0.4, 0.5) is 17.5 Å². The summed E-state index contributed by atoms with van der Waals surface area (Å²) >= 11 is 0. The number of H-pyrrole nitrogens is 1. The third-order valence-corrected chi connectivity index (χ3v) is 5.43. The number of nitrogens with one attached hydrogen (secondary N) is 3. The molecule has 4 N–H and O–H groups in total. The van der Waals surface area contributed by atoms with Crippen LogP contribution in [0.25, 0.3) is 11.3 Å². The van der Waals surface area contributed by atoms with Gasteiger partial charge in [0.1, 0.15) is 11.9 Å². The Hall–Kier alpha value is -3.35. The zero-order valence-corrected chi connectivity index (χ0v) is 17.0. The minimum absolute atomic E-state index is 0.0663. The van der Waals surface area contributed by atoms with Crippen molar-refractivity contribution in [2.45, 2.75) is 17.9 Å². The lowest BCUT2D eigenvalue weighted by atomic mass is 10.2. The van der Waals surface area contributed by atoms with Crippen LogP contribution >= 0.6 is 0 Å². The van der Waals surface area contributed by atoms with Crippen molar-refractivity contribution in [1.82, 2.24) is 15.0 Å². The van der Waals surface area contributed by atoms with Crippen molar-refractivity contribution in [3.8, 4) is 17.3 Å². The fraction of sp³-hybridized carbons (Fsp3) is 0.200. The summed E-state index contributed by atoms with van der Waals surface area (Å²) in [5, 5.41) is 24.7. The molecule has 0 saturated carbocycles. The molecule has 0 aliphatic rings. The maximum Gasteiger partial charge on any atom is 0.229 e. The molecule has 0 fully saturated rings. The lowest BCUT2D eigenvalue weighted by Gasteiger charge is -2.16. The molecule has 8 nitrogen and oxygen atoms in total. The van der Waals surface area contributed by atoms with Gasteiger partial charge in [-0.2, -0.15) is 10.2 Å². The molecule has 0 aliphatic carbocycles. The van der Waals surface area contributed by atoms with E-state index in [4.69, 9.17) is 5.26 Å². The number of nitrogens with zero attached hydrogens (tertiary/aromatic N) is 3. The van der Waals surface area contributed by atoms with Gasteiger partial charge in [-0.1, -0.05) is 0 Å². The van der Waals surface area contributed by atoms with Gasteiger partial charge >= 0.3 is 0 Å². The minimum Gasteiger partial charge on any atom is -0.394 e. The third-order valence-electron chi connectivity index (χ3n) is 4.16. The van der Waals surface area contributed by atoms with Crippen LogP contribution in [0.15, 0.2) is 47.6 Å². The fourth-order valence-corrected chi connectivity index (χ4v) is 3.31. The smallest absolute Gasteiger partial charge is 0.229 e. The number of aliphatic hydroxyl groups excluding tert-OH is 1. The molecule has 2 heterocycles. The van der Waals surface area contributed by atoms with E-state index in [-0.39, 0.29) is 12.6 Å². The highest BCUT2D eigenvalue weighted by Crippen LogP contribution is 2.28. The molecule has 1 aromatic carbocycles. The topological polar surface area (TPSA) is 127 Å². The van der Waals surface area contributed by atoms with Gasteiger partial charge in [-0.3, -0.25) is 4.21 Å². The molecule has 2 aromatic heterocycles. The van der Waals surface area contributed by atoms with Crippen LogP contribution in [0.3, 0.4) is 0 Å². The van der Waals surface area contributed by atoms with Gasteiger partial charge < -0.3 is 20.7 Å². The average molecular weight is 411 g/mol. The quantitative estimate of drug-likeness (QED) is 0.441. The summed E-state index contributed by atoms with van der Waals surface area (Å²) in [6.45, 7) is 1.76. The predicted octanol–water partition coefficient (Wildman–Crippen LogP) is 2.58. The zero-order chi connectivity index (χ0) is 21.0. The number of hydrogen-bond donors (Lipinski definition) is 4. The second-order valence-electron chi connectivity index (χ2n) is 6.75. The SMILES string of the molecule is C=S(C)(=O)c1ccc(Nc2ncc(-c3cc(C#N)c[nH]3)c(N[C@H](C)CO)n2)cc1. The highest BCUT2D eigenvalue weighted by molar-refractivity contribution is 7.99. The first-order chi connectivity index (χ1) is 13.8. The summed E-state index contributed by atoms with van der Waals surface area (Å²) < 4.78 is 12.0. The molecule has 0 aliphatic heterocycles. The van der Waals surface area contributed by atoms with Gasteiger partial charge in [-0.25, -0.2) is 4.98 Å². The maximum absolute atomic E-state index is 12.0. The van der Waals surface area contributed by atoms with Gasteiger partial charge in [-0.05, 0) is 52.6 Å². The first-order valence-electron chi connectivity index (χ1n) is 8.83. The van der Waals surface area contributed by atoms with Crippen molar-refractivity contribution in [3.63, 3.8) is 0 Å². The molecule has 150 valence electrons. The van der Waals surface area contributed by atoms with Gasteiger partial charge in [0.05, 0.1) is 23.4 Å². The van der Waals surface area contributed by atoms with E-state index in [0.717, 1.165) is 5.69 Å². The lowest BCUT2D eigenvalue weighted by Crippen LogP contribution is -2.21. The number of hydrogen-bond acceptors (Lipinski definition) is 7. The van der Waals surface area contributed by atoms with E-state index in [1.807, 2.05) is 6.92 Å². The second-order valence-corrected chi connectivity index (χ2v) is 9.23. The number of rotatable bonds is 7. The van der Waals surface area contributed by atoms with Crippen LogP contribution in [0, 0.1) is 11.3 Å². The summed E-state index contributed by atoms with van der Waals surface area (Å²) in [4.78, 5) is 12.6. The Morgan fingerprint density at radius 2 is 2.10 bits per heavy atom. The van der Waals surface area contributed by atoms with Gasteiger partial charge in [0, 0.05) is 35.3 Å². The van der Waals surface area contributed by atoms with Crippen LogP contribution in [0.5, 0.6) is 0 Å². The molecule has 3 aromatic rings. The zero-order valence-electron chi connectivity index (χ0n) is 16.1. The first kappa shape index (κ1) is 20.4. The van der Waals surface area contributed by atoms with Crippen molar-refractivity contribution in [2.24, 2.45) is 0 Å². The average Bonchev–Trinajstić information content (AvgIpc) is 3.17. The minimum atomic E-state index is -2.27. The molecule has 0 radical (unpaired) electrons. The number of nitriles is 1. The summed E-state index contributed by atoms with van der Waals surface area (Å²) in [5.74, 6) is 4.55. The standard InChI is InChI=1S/C20H22N6O2S/c1-13(12-27)24-19-17(18-8-14(9-21)10-22-18)11-23-20(26-19)25-15-4-6-16(7-5-15)29(2,3)28/h4-8,10-11,13,22,27H,2,12H2,1,3H3,(H2,23,24,25,26)/t13-,29?/m1/s1. The number of anilines is 3. The molecule has 0 bridgehead atoms. The summed E-state index contributed by atoms with van der Waals surface area (Å²) in [6, 6.07) is 10.6. The Morgan fingerprint density at radius 3 is 2.69 bits per heavy atom. The Kier molecular flexibility index (Phi) is 5.87. The largest absolute Gasteiger partial charge is 0.394 e. The van der Waals surface area contributed by atoms with Crippen molar-refractivity contribution in [2.75, 3.05) is 23.5 Å². The number of benzene rings is 1. The fourth-order valence-electron chi connectivity index (χ4n) is 2.60. The maximum atomic E-state index is 12.0. The van der Waals surface area contributed by atoms with Gasteiger partial charge in [0.15, 0.2) is 0 Å². The summed E-state index contributed by atoms with van der Waals surface area (Å²) in [6.07, 6.45) is 4.84. The Labute approximate surface area is 169 Å². The molecular weight excluding hydrogens is 388 g/mol. The Bertz CT molecular complexity index is 1150. The normalized spacial score (nSPS) is 13.9. The van der Waals surface area contributed by atoms with Crippen LogP contribution in [0.2, 0.25) is 0 Å². The highest BCUT2D eigenvalue weighted by Gasteiger charge is 2.14. The van der Waals surface area contributed by atoms with Crippen molar-refractivity contribution >= 4 is 32.8 Å². The van der Waals surface area contributed by atoms with Crippen LogP contribution < -0.4 is 10.6 Å². The van der Waals surface area contributed by atoms with Crippen molar-refractivity contribution in [3.05, 3.63) is 48.3 Å². The van der Waals surface area contributed by atoms with Crippen LogP contribution in [0.1, 0.15) is 12.5 Å². The van der Waals surface area contributed by atoms with E-state index in [1.165, 1.54) is 0 Å². The van der Waals surface area contributed by atoms with Crippen molar-refractivity contribution in [1.29, 1.82) is 5.26 Å². The number of aromatic amines is 1. The predicted molar refractivity (Wildman–Crippen MR) is 116 cm³/mol. The lowest BCUT2D eigenvalue weighted by molar-refractivity contribution is 0.281. The number of aliphatic hydroxyl groups is 1. The monoisotopic (exact) mass is 410 g/mol. The van der Waals surface area contributed by atoms with E-state index in [0.29, 0.717) is 33.5 Å².